The molecule has 1 amide bonds. The fraction of sp³-hybridized carbons (Fsp3) is 0.278. The minimum absolute atomic E-state index is 0.101. The van der Waals surface area contributed by atoms with E-state index < -0.39 is 23.0 Å². The number of nitrogens with one attached hydrogen (secondary N) is 1. The lowest BCUT2D eigenvalue weighted by Crippen LogP contribution is -2.33. The van der Waals surface area contributed by atoms with Crippen molar-refractivity contribution >= 4 is 5.91 Å². The van der Waals surface area contributed by atoms with Gasteiger partial charge in [-0.2, -0.15) is 0 Å². The number of rotatable bonds is 4. The van der Waals surface area contributed by atoms with Crippen LogP contribution in [0.3, 0.4) is 0 Å². The molecule has 2 N–H and O–H groups in total. The first kappa shape index (κ1) is 15.5. The lowest BCUT2D eigenvalue weighted by molar-refractivity contribution is 0.0946. The number of phenolic OH excluding ortho intramolecular Hbond substituents is 1. The predicted octanol–water partition coefficient (Wildman–Crippen LogP) is 3.38. The smallest absolute Gasteiger partial charge is 0.255 e. The number of carbonyl (C=O) groups excluding carboxylic acids is 1. The highest BCUT2D eigenvalue weighted by atomic mass is 19.1. The minimum atomic E-state index is -0.618. The van der Waals surface area contributed by atoms with Gasteiger partial charge in [-0.3, -0.25) is 4.79 Å². The third kappa shape index (κ3) is 2.79. The van der Waals surface area contributed by atoms with Crippen LogP contribution in [0.2, 0.25) is 0 Å². The lowest BCUT2D eigenvalue weighted by atomic mass is 9.92. The van der Waals surface area contributed by atoms with Crippen molar-refractivity contribution in [1.29, 1.82) is 0 Å². The summed E-state index contributed by atoms with van der Waals surface area (Å²) >= 11 is 0. The van der Waals surface area contributed by atoms with Crippen LogP contribution < -0.4 is 5.32 Å². The molecule has 0 radical (unpaired) electrons. The zero-order valence-corrected chi connectivity index (χ0v) is 12.6. The Labute approximate surface area is 133 Å². The van der Waals surface area contributed by atoms with Gasteiger partial charge in [-0.1, -0.05) is 25.1 Å². The zero-order valence-electron chi connectivity index (χ0n) is 12.6. The average Bonchev–Trinajstić information content (AvgIpc) is 3.16. The largest absolute Gasteiger partial charge is 0.507 e. The molecule has 2 unspecified atom stereocenters. The van der Waals surface area contributed by atoms with Crippen molar-refractivity contribution in [2.75, 3.05) is 6.54 Å². The van der Waals surface area contributed by atoms with Gasteiger partial charge in [-0.05, 0) is 36.1 Å². The van der Waals surface area contributed by atoms with Gasteiger partial charge < -0.3 is 10.4 Å². The van der Waals surface area contributed by atoms with Crippen molar-refractivity contribution in [3.63, 3.8) is 0 Å². The topological polar surface area (TPSA) is 49.3 Å². The van der Waals surface area contributed by atoms with Gasteiger partial charge in [0.2, 0.25) is 0 Å². The molecule has 2 aromatic carbocycles. The number of para-hydroxylation sites is 1. The van der Waals surface area contributed by atoms with Crippen LogP contribution in [0, 0.1) is 17.6 Å². The molecule has 1 fully saturated rings. The van der Waals surface area contributed by atoms with E-state index in [1.165, 1.54) is 24.3 Å². The number of halogens is 2. The molecule has 1 saturated carbocycles. The number of hydrogen-bond acceptors (Lipinski definition) is 2. The standard InChI is InChI=1S/C18H17F2NO2/c1-11-9-18(11,14-7-6-12(19)8-15(14)20)10-21-17(23)13-4-2-3-5-16(13)22/h2-8,11,22H,9-10H2,1H3,(H,21,23). The van der Waals surface area contributed by atoms with Crippen molar-refractivity contribution in [1.82, 2.24) is 5.32 Å². The van der Waals surface area contributed by atoms with Gasteiger partial charge in [-0.25, -0.2) is 8.78 Å². The summed E-state index contributed by atoms with van der Waals surface area (Å²) in [6.07, 6.45) is 0.719. The summed E-state index contributed by atoms with van der Waals surface area (Å²) in [6.45, 7) is 2.21. The van der Waals surface area contributed by atoms with E-state index in [1.807, 2.05) is 6.92 Å². The number of aromatic hydroxyl groups is 1. The van der Waals surface area contributed by atoms with Gasteiger partial charge in [-0.15, -0.1) is 0 Å². The molecule has 3 nitrogen and oxygen atoms in total. The van der Waals surface area contributed by atoms with Gasteiger partial charge in [0.05, 0.1) is 5.56 Å². The van der Waals surface area contributed by atoms with Gasteiger partial charge in [0.25, 0.3) is 5.91 Å². The molecule has 0 heterocycles. The average molecular weight is 317 g/mol. The van der Waals surface area contributed by atoms with Crippen LogP contribution in [0.1, 0.15) is 29.3 Å². The van der Waals surface area contributed by atoms with Crippen LogP contribution in [0.15, 0.2) is 42.5 Å². The summed E-state index contributed by atoms with van der Waals surface area (Å²) in [7, 11) is 0. The van der Waals surface area contributed by atoms with Gasteiger partial charge >= 0.3 is 0 Å². The third-order valence-corrected chi connectivity index (χ3v) is 4.63. The number of hydrogen-bond donors (Lipinski definition) is 2. The molecule has 0 aliphatic heterocycles. The fourth-order valence-corrected chi connectivity index (χ4v) is 3.10. The summed E-state index contributed by atoms with van der Waals surface area (Å²) in [5, 5.41) is 12.5. The van der Waals surface area contributed by atoms with E-state index in [-0.39, 0.29) is 23.8 Å². The van der Waals surface area contributed by atoms with E-state index in [0.717, 1.165) is 12.5 Å². The van der Waals surface area contributed by atoms with Gasteiger partial charge in [0.15, 0.2) is 0 Å². The molecule has 5 heteroatoms. The highest BCUT2D eigenvalue weighted by Crippen LogP contribution is 2.54. The molecular formula is C18H17F2NO2. The quantitative estimate of drug-likeness (QED) is 0.908. The Morgan fingerprint density at radius 3 is 2.61 bits per heavy atom. The molecule has 0 bridgehead atoms. The molecule has 1 aliphatic rings. The molecule has 2 aromatic rings. The zero-order chi connectivity index (χ0) is 16.6. The Kier molecular flexibility index (Phi) is 3.80. The fourth-order valence-electron chi connectivity index (χ4n) is 3.10. The van der Waals surface area contributed by atoms with Crippen molar-refractivity contribution in [2.24, 2.45) is 5.92 Å². The monoisotopic (exact) mass is 317 g/mol. The first-order valence-electron chi connectivity index (χ1n) is 7.46. The Bertz CT molecular complexity index is 762. The molecule has 120 valence electrons. The second-order valence-corrected chi connectivity index (χ2v) is 6.09. The highest BCUT2D eigenvalue weighted by molar-refractivity contribution is 5.96. The van der Waals surface area contributed by atoms with E-state index in [0.29, 0.717) is 5.56 Å². The summed E-state index contributed by atoms with van der Waals surface area (Å²) in [5.41, 5.74) is 0.0807. The van der Waals surface area contributed by atoms with E-state index in [2.05, 4.69) is 5.32 Å². The van der Waals surface area contributed by atoms with E-state index in [4.69, 9.17) is 0 Å². The van der Waals surface area contributed by atoms with E-state index >= 15 is 0 Å². The first-order valence-corrected chi connectivity index (χ1v) is 7.46. The van der Waals surface area contributed by atoms with Crippen LogP contribution >= 0.6 is 0 Å². The Hall–Kier alpha value is -2.43. The Morgan fingerprint density at radius 2 is 2.00 bits per heavy atom. The molecular weight excluding hydrogens is 300 g/mol. The van der Waals surface area contributed by atoms with E-state index in [1.54, 1.807) is 12.1 Å². The SMILES string of the molecule is CC1CC1(CNC(=O)c1ccccc1O)c1ccc(F)cc1F. The van der Waals surface area contributed by atoms with Crippen molar-refractivity contribution in [2.45, 2.75) is 18.8 Å². The van der Waals surface area contributed by atoms with Crippen LogP contribution in [0.25, 0.3) is 0 Å². The summed E-state index contributed by atoms with van der Waals surface area (Å²) in [6, 6.07) is 9.79. The number of amides is 1. The molecule has 0 aromatic heterocycles. The van der Waals surface area contributed by atoms with Crippen LogP contribution in [0.5, 0.6) is 5.75 Å². The normalized spacial score (nSPS) is 22.7. The molecule has 23 heavy (non-hydrogen) atoms. The second-order valence-electron chi connectivity index (χ2n) is 6.09. The maximum Gasteiger partial charge on any atom is 0.255 e. The van der Waals surface area contributed by atoms with Crippen molar-refractivity contribution in [3.05, 3.63) is 65.2 Å². The molecule has 2 atom stereocenters. The Morgan fingerprint density at radius 1 is 1.30 bits per heavy atom. The number of benzene rings is 2. The first-order chi connectivity index (χ1) is 10.9. The van der Waals surface area contributed by atoms with Crippen molar-refractivity contribution in [3.8, 4) is 5.75 Å². The maximum atomic E-state index is 14.1. The second kappa shape index (κ2) is 5.65. The molecule has 0 spiro atoms. The summed E-state index contributed by atoms with van der Waals surface area (Å²) < 4.78 is 27.2. The number of carbonyl (C=O) groups is 1. The highest BCUT2D eigenvalue weighted by Gasteiger charge is 2.53. The van der Waals surface area contributed by atoms with Crippen LogP contribution in [0.4, 0.5) is 8.78 Å². The predicted molar refractivity (Wildman–Crippen MR) is 82.3 cm³/mol. The summed E-state index contributed by atoms with van der Waals surface area (Å²) in [5.74, 6) is -1.54. The Balaban J connectivity index is 1.78. The van der Waals surface area contributed by atoms with Crippen molar-refractivity contribution < 1.29 is 18.7 Å². The third-order valence-electron chi connectivity index (χ3n) is 4.63. The molecule has 0 saturated heterocycles. The number of phenols is 1. The maximum absolute atomic E-state index is 14.1. The van der Waals surface area contributed by atoms with Crippen LogP contribution in [-0.4, -0.2) is 17.6 Å². The van der Waals surface area contributed by atoms with E-state index in [9.17, 15) is 18.7 Å². The molecule has 3 rings (SSSR count). The van der Waals surface area contributed by atoms with Crippen LogP contribution in [-0.2, 0) is 5.41 Å². The molecule has 1 aliphatic carbocycles. The lowest BCUT2D eigenvalue weighted by Gasteiger charge is -2.19. The minimum Gasteiger partial charge on any atom is -0.507 e. The summed E-state index contributed by atoms with van der Waals surface area (Å²) in [4.78, 5) is 12.2. The van der Waals surface area contributed by atoms with Gasteiger partial charge in [0, 0.05) is 18.0 Å². The van der Waals surface area contributed by atoms with Gasteiger partial charge in [0.1, 0.15) is 17.4 Å².